The van der Waals surface area contributed by atoms with Crippen LogP contribution in [0.15, 0.2) is 5.16 Å². The van der Waals surface area contributed by atoms with Gasteiger partial charge in [0.25, 0.3) is 0 Å². The van der Waals surface area contributed by atoms with Crippen molar-refractivity contribution in [2.45, 2.75) is 19.3 Å². The average molecular weight is 240 g/mol. The lowest BCUT2D eigenvalue weighted by Gasteiger charge is -2.34. The van der Waals surface area contributed by atoms with E-state index < -0.39 is 0 Å². The third-order valence-electron chi connectivity index (χ3n) is 3.40. The summed E-state index contributed by atoms with van der Waals surface area (Å²) < 4.78 is 0. The zero-order valence-corrected chi connectivity index (χ0v) is 10.0. The van der Waals surface area contributed by atoms with Crippen LogP contribution in [0.25, 0.3) is 0 Å². The summed E-state index contributed by atoms with van der Waals surface area (Å²) in [6.07, 6.45) is 2.74. The van der Waals surface area contributed by atoms with Crippen LogP contribution >= 0.6 is 0 Å². The minimum Gasteiger partial charge on any atom is -0.409 e. The Kier molecular flexibility index (Phi) is 3.83. The lowest BCUT2D eigenvalue weighted by Crippen LogP contribution is -2.49. The molecule has 2 fully saturated rings. The van der Waals surface area contributed by atoms with Gasteiger partial charge in [-0.3, -0.25) is 9.69 Å². The van der Waals surface area contributed by atoms with Crippen molar-refractivity contribution in [2.75, 3.05) is 32.7 Å². The van der Waals surface area contributed by atoms with Gasteiger partial charge >= 0.3 is 0 Å². The number of hydrogen-bond donors (Lipinski definition) is 2. The molecule has 0 aromatic rings. The monoisotopic (exact) mass is 240 g/mol. The van der Waals surface area contributed by atoms with Crippen molar-refractivity contribution in [3.63, 3.8) is 0 Å². The van der Waals surface area contributed by atoms with Crippen LogP contribution in [-0.4, -0.2) is 59.5 Å². The molecule has 1 heterocycles. The van der Waals surface area contributed by atoms with E-state index in [1.807, 2.05) is 0 Å². The molecule has 1 aliphatic carbocycles. The van der Waals surface area contributed by atoms with Gasteiger partial charge in [-0.05, 0) is 18.8 Å². The number of piperazine rings is 1. The quantitative estimate of drug-likeness (QED) is 0.305. The van der Waals surface area contributed by atoms with Crippen LogP contribution in [0.5, 0.6) is 0 Å². The van der Waals surface area contributed by atoms with Gasteiger partial charge in [0.1, 0.15) is 5.84 Å². The molecule has 1 amide bonds. The van der Waals surface area contributed by atoms with Gasteiger partial charge < -0.3 is 15.8 Å². The molecule has 6 heteroatoms. The fourth-order valence-corrected chi connectivity index (χ4v) is 2.15. The molecule has 0 spiro atoms. The van der Waals surface area contributed by atoms with Crippen molar-refractivity contribution >= 4 is 11.7 Å². The van der Waals surface area contributed by atoms with E-state index in [1.165, 1.54) is 19.4 Å². The summed E-state index contributed by atoms with van der Waals surface area (Å²) in [5.41, 5.74) is 5.32. The van der Waals surface area contributed by atoms with E-state index in [4.69, 9.17) is 10.9 Å². The smallest absolute Gasteiger partial charge is 0.230 e. The Morgan fingerprint density at radius 3 is 2.47 bits per heavy atom. The summed E-state index contributed by atoms with van der Waals surface area (Å²) in [5.74, 6) is 0.830. The number of hydrogen-bond acceptors (Lipinski definition) is 4. The van der Waals surface area contributed by atoms with Crippen LogP contribution in [0, 0.1) is 5.92 Å². The maximum absolute atomic E-state index is 11.7. The first-order valence-corrected chi connectivity index (χ1v) is 6.15. The zero-order chi connectivity index (χ0) is 12.3. The predicted octanol–water partition coefficient (Wildman–Crippen LogP) is -0.323. The van der Waals surface area contributed by atoms with Gasteiger partial charge in [0.15, 0.2) is 0 Å². The Morgan fingerprint density at radius 1 is 1.29 bits per heavy atom. The Balaban J connectivity index is 1.71. The lowest BCUT2D eigenvalue weighted by atomic mass is 10.2. The molecule has 0 bridgehead atoms. The van der Waals surface area contributed by atoms with Crippen LogP contribution in [0.1, 0.15) is 19.3 Å². The third kappa shape index (κ3) is 3.59. The number of rotatable bonds is 4. The number of carbonyl (C=O) groups is 1. The van der Waals surface area contributed by atoms with Gasteiger partial charge in [-0.2, -0.15) is 0 Å². The molecule has 0 unspecified atom stereocenters. The van der Waals surface area contributed by atoms with Crippen LogP contribution in [-0.2, 0) is 4.79 Å². The second kappa shape index (κ2) is 5.35. The van der Waals surface area contributed by atoms with Gasteiger partial charge in [-0.1, -0.05) is 5.16 Å². The van der Waals surface area contributed by atoms with Crippen molar-refractivity contribution < 1.29 is 10.0 Å². The molecule has 0 atom stereocenters. The fraction of sp³-hybridized carbons (Fsp3) is 0.818. The van der Waals surface area contributed by atoms with Crippen molar-refractivity contribution in [1.29, 1.82) is 0 Å². The molecule has 0 aromatic carbocycles. The molecule has 96 valence electrons. The molecule has 1 saturated carbocycles. The summed E-state index contributed by atoms with van der Waals surface area (Å²) in [7, 11) is 0. The highest BCUT2D eigenvalue weighted by Gasteiger charge is 2.27. The molecular weight excluding hydrogens is 220 g/mol. The van der Waals surface area contributed by atoms with E-state index in [-0.39, 0.29) is 18.2 Å². The van der Waals surface area contributed by atoms with Crippen LogP contribution in [0.2, 0.25) is 0 Å². The zero-order valence-electron chi connectivity index (χ0n) is 10.0. The number of oxime groups is 1. The van der Waals surface area contributed by atoms with Gasteiger partial charge in [0.05, 0.1) is 6.42 Å². The molecule has 6 nitrogen and oxygen atoms in total. The third-order valence-corrected chi connectivity index (χ3v) is 3.40. The molecule has 2 aliphatic rings. The number of nitrogens with two attached hydrogens (primary N) is 1. The lowest BCUT2D eigenvalue weighted by molar-refractivity contribution is -0.131. The molecule has 1 aliphatic heterocycles. The molecule has 3 N–H and O–H groups in total. The van der Waals surface area contributed by atoms with Gasteiger partial charge in [0.2, 0.25) is 5.91 Å². The van der Waals surface area contributed by atoms with E-state index >= 15 is 0 Å². The molecule has 0 radical (unpaired) electrons. The second-order valence-corrected chi connectivity index (χ2v) is 4.89. The van der Waals surface area contributed by atoms with Crippen LogP contribution in [0.3, 0.4) is 0 Å². The predicted molar refractivity (Wildman–Crippen MR) is 63.8 cm³/mol. The standard InChI is InChI=1S/C11H20N4O2/c12-10(13-17)7-11(16)15-5-3-14(4-6-15)8-9-1-2-9/h9,17H,1-8H2,(H2,12,13). The summed E-state index contributed by atoms with van der Waals surface area (Å²) in [6.45, 7) is 4.58. The first-order valence-electron chi connectivity index (χ1n) is 6.15. The average Bonchev–Trinajstić information content (AvgIpc) is 3.13. The topological polar surface area (TPSA) is 82.2 Å². The largest absolute Gasteiger partial charge is 0.409 e. The van der Waals surface area contributed by atoms with E-state index in [9.17, 15) is 4.79 Å². The molecule has 2 rings (SSSR count). The highest BCUT2D eigenvalue weighted by molar-refractivity contribution is 5.98. The Hall–Kier alpha value is -1.30. The van der Waals surface area contributed by atoms with E-state index in [2.05, 4.69) is 10.1 Å². The van der Waals surface area contributed by atoms with Crippen LogP contribution in [0.4, 0.5) is 0 Å². The minimum absolute atomic E-state index is 0.0130. The summed E-state index contributed by atoms with van der Waals surface area (Å²) >= 11 is 0. The van der Waals surface area contributed by atoms with E-state index in [0.717, 1.165) is 32.1 Å². The van der Waals surface area contributed by atoms with Gasteiger partial charge in [0, 0.05) is 32.7 Å². The highest BCUT2D eigenvalue weighted by Crippen LogP contribution is 2.29. The van der Waals surface area contributed by atoms with Crippen LogP contribution < -0.4 is 5.73 Å². The van der Waals surface area contributed by atoms with Crippen molar-refractivity contribution in [3.8, 4) is 0 Å². The van der Waals surface area contributed by atoms with E-state index in [0.29, 0.717) is 0 Å². The number of amides is 1. The van der Waals surface area contributed by atoms with Gasteiger partial charge in [-0.15, -0.1) is 0 Å². The van der Waals surface area contributed by atoms with Crippen molar-refractivity contribution in [3.05, 3.63) is 0 Å². The Bertz CT molecular complexity index is 307. The number of carbonyl (C=O) groups excluding carboxylic acids is 1. The first-order chi connectivity index (χ1) is 8.19. The molecule has 0 aromatic heterocycles. The van der Waals surface area contributed by atoms with E-state index in [1.54, 1.807) is 4.90 Å². The molecule has 1 saturated heterocycles. The highest BCUT2D eigenvalue weighted by atomic mass is 16.4. The van der Waals surface area contributed by atoms with Crippen molar-refractivity contribution in [1.82, 2.24) is 9.80 Å². The van der Waals surface area contributed by atoms with Crippen molar-refractivity contribution in [2.24, 2.45) is 16.8 Å². The second-order valence-electron chi connectivity index (χ2n) is 4.89. The SMILES string of the molecule is N/C(CC(=O)N1CCN(CC2CC2)CC1)=N\O. The Labute approximate surface area is 101 Å². The minimum atomic E-state index is -0.0497. The summed E-state index contributed by atoms with van der Waals surface area (Å²) in [6, 6.07) is 0. The fourth-order valence-electron chi connectivity index (χ4n) is 2.15. The maximum atomic E-state index is 11.7. The normalized spacial score (nSPS) is 22.8. The molecular formula is C11H20N4O2. The number of nitrogens with zero attached hydrogens (tertiary/aromatic N) is 3. The maximum Gasteiger partial charge on any atom is 0.230 e. The Morgan fingerprint density at radius 2 is 1.94 bits per heavy atom. The summed E-state index contributed by atoms with van der Waals surface area (Å²) in [5, 5.41) is 11.2. The molecule has 17 heavy (non-hydrogen) atoms. The summed E-state index contributed by atoms with van der Waals surface area (Å²) in [4.78, 5) is 16.0. The first kappa shape index (κ1) is 12.2. The van der Waals surface area contributed by atoms with Gasteiger partial charge in [-0.25, -0.2) is 0 Å². The number of amidine groups is 1.